The van der Waals surface area contributed by atoms with Crippen molar-refractivity contribution in [1.29, 1.82) is 0 Å². The molecule has 0 N–H and O–H groups in total. The van der Waals surface area contributed by atoms with Crippen molar-refractivity contribution in [1.82, 2.24) is 15.0 Å². The number of rotatable bonds is 2. The van der Waals surface area contributed by atoms with Gasteiger partial charge in [-0.25, -0.2) is 9.97 Å². The normalized spacial score (nSPS) is 10.3. The lowest BCUT2D eigenvalue weighted by Crippen LogP contribution is -1.98. The SMILES string of the molecule is Cc1c(Cl)ncnc1Cc1cccnc1. The Bertz CT molecular complexity index is 457. The minimum absolute atomic E-state index is 0.517. The van der Waals surface area contributed by atoms with E-state index >= 15 is 0 Å². The Balaban J connectivity index is 2.29. The van der Waals surface area contributed by atoms with E-state index in [4.69, 9.17) is 11.6 Å². The van der Waals surface area contributed by atoms with E-state index in [9.17, 15) is 0 Å². The number of aromatic nitrogens is 3. The van der Waals surface area contributed by atoms with Crippen LogP contribution in [0.1, 0.15) is 16.8 Å². The van der Waals surface area contributed by atoms with Crippen molar-refractivity contribution in [3.8, 4) is 0 Å². The molecule has 2 rings (SSSR count). The van der Waals surface area contributed by atoms with E-state index in [1.807, 2.05) is 25.3 Å². The highest BCUT2D eigenvalue weighted by Crippen LogP contribution is 2.16. The lowest BCUT2D eigenvalue weighted by molar-refractivity contribution is 0.988. The first-order chi connectivity index (χ1) is 7.27. The Morgan fingerprint density at radius 1 is 1.33 bits per heavy atom. The lowest BCUT2D eigenvalue weighted by Gasteiger charge is -2.04. The van der Waals surface area contributed by atoms with Crippen molar-refractivity contribution in [3.05, 3.63) is 52.8 Å². The zero-order valence-corrected chi connectivity index (χ0v) is 9.07. The smallest absolute Gasteiger partial charge is 0.135 e. The van der Waals surface area contributed by atoms with E-state index in [1.165, 1.54) is 6.33 Å². The Labute approximate surface area is 93.2 Å². The Morgan fingerprint density at radius 3 is 2.93 bits per heavy atom. The summed E-state index contributed by atoms with van der Waals surface area (Å²) in [6.45, 7) is 1.92. The standard InChI is InChI=1S/C11H10ClN3/c1-8-10(14-7-15-11(8)12)5-9-3-2-4-13-6-9/h2-4,6-7H,5H2,1H3. The van der Waals surface area contributed by atoms with Crippen LogP contribution in [0.5, 0.6) is 0 Å². The predicted molar refractivity (Wildman–Crippen MR) is 58.8 cm³/mol. The third kappa shape index (κ3) is 2.30. The quantitative estimate of drug-likeness (QED) is 0.729. The molecule has 0 bridgehead atoms. The van der Waals surface area contributed by atoms with Crippen LogP contribution in [0.25, 0.3) is 0 Å². The van der Waals surface area contributed by atoms with Crippen LogP contribution in [0.15, 0.2) is 30.9 Å². The van der Waals surface area contributed by atoms with Crippen LogP contribution in [-0.4, -0.2) is 15.0 Å². The highest BCUT2D eigenvalue weighted by Gasteiger charge is 2.05. The molecule has 15 heavy (non-hydrogen) atoms. The second-order valence-corrected chi connectivity index (χ2v) is 3.63. The molecular weight excluding hydrogens is 210 g/mol. The van der Waals surface area contributed by atoms with Crippen LogP contribution in [0.3, 0.4) is 0 Å². The van der Waals surface area contributed by atoms with Crippen molar-refractivity contribution in [3.63, 3.8) is 0 Å². The van der Waals surface area contributed by atoms with Gasteiger partial charge in [0, 0.05) is 24.4 Å². The third-order valence-electron chi connectivity index (χ3n) is 2.22. The van der Waals surface area contributed by atoms with Crippen LogP contribution >= 0.6 is 11.6 Å². The van der Waals surface area contributed by atoms with Gasteiger partial charge in [-0.05, 0) is 18.6 Å². The highest BCUT2D eigenvalue weighted by atomic mass is 35.5. The van der Waals surface area contributed by atoms with E-state index in [2.05, 4.69) is 15.0 Å². The minimum Gasteiger partial charge on any atom is -0.264 e. The molecule has 4 heteroatoms. The van der Waals surface area contributed by atoms with Gasteiger partial charge in [0.1, 0.15) is 11.5 Å². The number of halogens is 1. The summed E-state index contributed by atoms with van der Waals surface area (Å²) in [5.74, 6) is 0. The summed E-state index contributed by atoms with van der Waals surface area (Å²) in [4.78, 5) is 12.2. The molecule has 3 nitrogen and oxygen atoms in total. The van der Waals surface area contributed by atoms with Crippen LogP contribution in [-0.2, 0) is 6.42 Å². The van der Waals surface area contributed by atoms with Gasteiger partial charge in [-0.3, -0.25) is 4.98 Å². The Kier molecular flexibility index (Phi) is 2.92. The van der Waals surface area contributed by atoms with Gasteiger partial charge in [0.15, 0.2) is 0 Å². The average Bonchev–Trinajstić information content (AvgIpc) is 2.26. The summed E-state index contributed by atoms with van der Waals surface area (Å²) in [7, 11) is 0. The fraction of sp³-hybridized carbons (Fsp3) is 0.182. The van der Waals surface area contributed by atoms with Crippen LogP contribution in [0.4, 0.5) is 0 Å². The van der Waals surface area contributed by atoms with Crippen molar-refractivity contribution < 1.29 is 0 Å². The number of nitrogens with zero attached hydrogens (tertiary/aromatic N) is 3. The second kappa shape index (κ2) is 4.36. The lowest BCUT2D eigenvalue weighted by atomic mass is 10.1. The van der Waals surface area contributed by atoms with Gasteiger partial charge in [-0.1, -0.05) is 17.7 Å². The van der Waals surface area contributed by atoms with E-state index in [0.717, 1.165) is 23.2 Å². The summed E-state index contributed by atoms with van der Waals surface area (Å²) in [5, 5.41) is 0.517. The maximum absolute atomic E-state index is 5.91. The fourth-order valence-electron chi connectivity index (χ4n) is 1.34. The van der Waals surface area contributed by atoms with Gasteiger partial charge in [-0.2, -0.15) is 0 Å². The molecule has 0 aliphatic carbocycles. The largest absolute Gasteiger partial charge is 0.264 e. The van der Waals surface area contributed by atoms with Crippen molar-refractivity contribution >= 4 is 11.6 Å². The molecule has 0 atom stereocenters. The van der Waals surface area contributed by atoms with Crippen molar-refractivity contribution in [2.45, 2.75) is 13.3 Å². The van der Waals surface area contributed by atoms with Gasteiger partial charge in [0.05, 0.1) is 5.69 Å². The maximum Gasteiger partial charge on any atom is 0.135 e. The molecule has 0 radical (unpaired) electrons. The monoisotopic (exact) mass is 219 g/mol. The summed E-state index contributed by atoms with van der Waals surface area (Å²) in [5.41, 5.74) is 3.00. The van der Waals surface area contributed by atoms with Gasteiger partial charge in [0.2, 0.25) is 0 Å². The van der Waals surface area contributed by atoms with E-state index < -0.39 is 0 Å². The van der Waals surface area contributed by atoms with E-state index in [1.54, 1.807) is 6.20 Å². The molecule has 0 spiro atoms. The summed E-state index contributed by atoms with van der Waals surface area (Å²) >= 11 is 5.91. The molecule has 0 aliphatic rings. The van der Waals surface area contributed by atoms with Crippen LogP contribution in [0.2, 0.25) is 5.15 Å². The first kappa shape index (κ1) is 10.1. The molecule has 0 aromatic carbocycles. The summed E-state index contributed by atoms with van der Waals surface area (Å²) in [6.07, 6.45) is 5.81. The molecule has 0 amide bonds. The summed E-state index contributed by atoms with van der Waals surface area (Å²) in [6, 6.07) is 3.93. The van der Waals surface area contributed by atoms with Gasteiger partial charge >= 0.3 is 0 Å². The molecule has 0 unspecified atom stereocenters. The molecule has 0 saturated carbocycles. The molecule has 0 fully saturated rings. The average molecular weight is 220 g/mol. The number of pyridine rings is 1. The fourth-order valence-corrected chi connectivity index (χ4v) is 1.49. The number of hydrogen-bond acceptors (Lipinski definition) is 3. The first-order valence-corrected chi connectivity index (χ1v) is 5.00. The topological polar surface area (TPSA) is 38.7 Å². The zero-order chi connectivity index (χ0) is 10.7. The first-order valence-electron chi connectivity index (χ1n) is 4.62. The van der Waals surface area contributed by atoms with E-state index in [-0.39, 0.29) is 0 Å². The van der Waals surface area contributed by atoms with E-state index in [0.29, 0.717) is 5.15 Å². The third-order valence-corrected chi connectivity index (χ3v) is 2.60. The summed E-state index contributed by atoms with van der Waals surface area (Å²) < 4.78 is 0. The van der Waals surface area contributed by atoms with Gasteiger partial charge < -0.3 is 0 Å². The zero-order valence-electron chi connectivity index (χ0n) is 8.31. The highest BCUT2D eigenvalue weighted by molar-refractivity contribution is 6.30. The molecule has 0 saturated heterocycles. The molecule has 2 aromatic rings. The second-order valence-electron chi connectivity index (χ2n) is 3.27. The van der Waals surface area contributed by atoms with Crippen LogP contribution < -0.4 is 0 Å². The van der Waals surface area contributed by atoms with Crippen molar-refractivity contribution in [2.24, 2.45) is 0 Å². The Morgan fingerprint density at radius 2 is 2.20 bits per heavy atom. The molecule has 2 heterocycles. The van der Waals surface area contributed by atoms with Crippen LogP contribution in [0, 0.1) is 6.92 Å². The molecule has 2 aromatic heterocycles. The number of hydrogen-bond donors (Lipinski definition) is 0. The minimum atomic E-state index is 0.517. The van der Waals surface area contributed by atoms with Gasteiger partial charge in [0.25, 0.3) is 0 Å². The molecular formula is C11H10ClN3. The van der Waals surface area contributed by atoms with Gasteiger partial charge in [-0.15, -0.1) is 0 Å². The predicted octanol–water partition coefficient (Wildman–Crippen LogP) is 2.42. The maximum atomic E-state index is 5.91. The van der Waals surface area contributed by atoms with Crippen molar-refractivity contribution in [2.75, 3.05) is 0 Å². The Hall–Kier alpha value is -1.48. The molecule has 76 valence electrons. The molecule has 0 aliphatic heterocycles.